The normalized spacial score (nSPS) is 22.6. The molecule has 3 rings (SSSR count). The number of hydrogen-bond acceptors (Lipinski definition) is 2. The maximum absolute atomic E-state index is 12.4. The lowest BCUT2D eigenvalue weighted by atomic mass is 9.91. The molecule has 0 bridgehead atoms. The number of likely N-dealkylation sites (tertiary alicyclic amines) is 1. The first kappa shape index (κ1) is 16.5. The number of nitrogens with one attached hydrogen (secondary N) is 1. The molecule has 1 aliphatic heterocycles. The second-order valence-electron chi connectivity index (χ2n) is 7.49. The van der Waals surface area contributed by atoms with E-state index in [9.17, 15) is 9.59 Å². The van der Waals surface area contributed by atoms with E-state index in [1.807, 2.05) is 4.90 Å². The summed E-state index contributed by atoms with van der Waals surface area (Å²) in [5, 5.41) is 3.06. The Labute approximate surface area is 139 Å². The van der Waals surface area contributed by atoms with Crippen molar-refractivity contribution in [1.82, 2.24) is 10.2 Å². The Morgan fingerprint density at radius 2 is 1.91 bits per heavy atom. The van der Waals surface area contributed by atoms with E-state index < -0.39 is 0 Å². The molecular formula is C19H30N2O2. The van der Waals surface area contributed by atoms with Gasteiger partial charge in [0.25, 0.3) is 0 Å². The molecule has 0 unspecified atom stereocenters. The van der Waals surface area contributed by atoms with Crippen LogP contribution >= 0.6 is 0 Å². The topological polar surface area (TPSA) is 49.4 Å². The third-order valence-corrected chi connectivity index (χ3v) is 5.45. The molecule has 1 heterocycles. The minimum absolute atomic E-state index is 0.218. The van der Waals surface area contributed by atoms with Crippen molar-refractivity contribution in [2.75, 3.05) is 13.1 Å². The van der Waals surface area contributed by atoms with Crippen LogP contribution in [0.4, 0.5) is 0 Å². The Morgan fingerprint density at radius 3 is 2.57 bits per heavy atom. The van der Waals surface area contributed by atoms with Crippen molar-refractivity contribution >= 4 is 11.8 Å². The van der Waals surface area contributed by atoms with Crippen molar-refractivity contribution < 1.29 is 9.59 Å². The first-order valence-electron chi connectivity index (χ1n) is 9.46. The fraction of sp³-hybridized carbons (Fsp3) is 0.789. The van der Waals surface area contributed by atoms with E-state index in [4.69, 9.17) is 0 Å². The average Bonchev–Trinajstić information content (AvgIpc) is 3.38. The van der Waals surface area contributed by atoms with Crippen LogP contribution in [0.15, 0.2) is 11.6 Å². The van der Waals surface area contributed by atoms with Gasteiger partial charge in [0.05, 0.1) is 0 Å². The highest BCUT2D eigenvalue weighted by molar-refractivity contribution is 5.79. The van der Waals surface area contributed by atoms with Crippen LogP contribution in [0, 0.1) is 5.92 Å². The van der Waals surface area contributed by atoms with Crippen molar-refractivity contribution in [3.05, 3.63) is 11.6 Å². The number of rotatable bonds is 6. The predicted octanol–water partition coefficient (Wildman–Crippen LogP) is 3.17. The molecule has 1 saturated heterocycles. The summed E-state index contributed by atoms with van der Waals surface area (Å²) in [5.74, 6) is 1.14. The lowest BCUT2D eigenvalue weighted by Crippen LogP contribution is -2.39. The van der Waals surface area contributed by atoms with E-state index in [1.165, 1.54) is 18.4 Å². The van der Waals surface area contributed by atoms with Crippen molar-refractivity contribution in [1.29, 1.82) is 0 Å². The van der Waals surface area contributed by atoms with Gasteiger partial charge < -0.3 is 10.2 Å². The third-order valence-electron chi connectivity index (χ3n) is 5.45. The summed E-state index contributed by atoms with van der Waals surface area (Å²) in [5.41, 5.74) is 1.35. The molecule has 0 spiro atoms. The summed E-state index contributed by atoms with van der Waals surface area (Å²) in [7, 11) is 0. The van der Waals surface area contributed by atoms with E-state index >= 15 is 0 Å². The smallest absolute Gasteiger partial charge is 0.226 e. The molecule has 2 fully saturated rings. The number of piperidine rings is 1. The van der Waals surface area contributed by atoms with Gasteiger partial charge in [-0.1, -0.05) is 11.6 Å². The molecular weight excluding hydrogens is 288 g/mol. The monoisotopic (exact) mass is 318 g/mol. The fourth-order valence-corrected chi connectivity index (χ4v) is 3.71. The van der Waals surface area contributed by atoms with Gasteiger partial charge in [0.15, 0.2) is 0 Å². The van der Waals surface area contributed by atoms with Gasteiger partial charge in [-0.25, -0.2) is 0 Å². The Kier molecular flexibility index (Phi) is 5.74. The summed E-state index contributed by atoms with van der Waals surface area (Å²) < 4.78 is 0. The van der Waals surface area contributed by atoms with Gasteiger partial charge in [-0.2, -0.15) is 0 Å². The zero-order chi connectivity index (χ0) is 16.1. The minimum atomic E-state index is 0.218. The number of nitrogens with zero attached hydrogens (tertiary/aromatic N) is 1. The maximum atomic E-state index is 12.4. The second kappa shape index (κ2) is 7.98. The van der Waals surface area contributed by atoms with E-state index in [-0.39, 0.29) is 5.91 Å². The van der Waals surface area contributed by atoms with Gasteiger partial charge in [-0.15, -0.1) is 0 Å². The molecule has 23 heavy (non-hydrogen) atoms. The number of carbonyl (C=O) groups is 2. The molecule has 2 aliphatic carbocycles. The minimum Gasteiger partial charge on any atom is -0.353 e. The Bertz CT molecular complexity index is 460. The molecule has 0 aromatic heterocycles. The molecule has 4 heteroatoms. The number of carbonyl (C=O) groups excluding carboxylic acids is 2. The predicted molar refractivity (Wildman–Crippen MR) is 90.9 cm³/mol. The van der Waals surface area contributed by atoms with Crippen molar-refractivity contribution in [3.63, 3.8) is 0 Å². The summed E-state index contributed by atoms with van der Waals surface area (Å²) in [6.45, 7) is 1.75. The van der Waals surface area contributed by atoms with Gasteiger partial charge in [-0.3, -0.25) is 9.59 Å². The Morgan fingerprint density at radius 1 is 1.13 bits per heavy atom. The molecule has 2 amide bonds. The van der Waals surface area contributed by atoms with E-state index in [0.717, 1.165) is 58.0 Å². The molecule has 3 aliphatic rings. The molecule has 0 aromatic rings. The van der Waals surface area contributed by atoms with E-state index in [2.05, 4.69) is 11.4 Å². The molecule has 1 N–H and O–H groups in total. The maximum Gasteiger partial charge on any atom is 0.226 e. The highest BCUT2D eigenvalue weighted by Gasteiger charge is 2.26. The van der Waals surface area contributed by atoms with Crippen LogP contribution < -0.4 is 5.32 Å². The zero-order valence-corrected chi connectivity index (χ0v) is 14.2. The lowest BCUT2D eigenvalue weighted by Gasteiger charge is -2.32. The van der Waals surface area contributed by atoms with Gasteiger partial charge >= 0.3 is 0 Å². The number of hydrogen-bond donors (Lipinski definition) is 1. The Hall–Kier alpha value is -1.32. The van der Waals surface area contributed by atoms with Crippen molar-refractivity contribution in [2.45, 2.75) is 76.7 Å². The van der Waals surface area contributed by atoms with Crippen molar-refractivity contribution in [3.8, 4) is 0 Å². The molecule has 4 nitrogen and oxygen atoms in total. The zero-order valence-electron chi connectivity index (χ0n) is 14.2. The van der Waals surface area contributed by atoms with Crippen LogP contribution in [0.25, 0.3) is 0 Å². The van der Waals surface area contributed by atoms with Gasteiger partial charge in [0, 0.05) is 32.0 Å². The quantitative estimate of drug-likeness (QED) is 0.765. The van der Waals surface area contributed by atoms with Crippen LogP contribution in [-0.4, -0.2) is 35.8 Å². The Balaban J connectivity index is 1.33. The summed E-state index contributed by atoms with van der Waals surface area (Å²) >= 11 is 0. The van der Waals surface area contributed by atoms with Gasteiger partial charge in [-0.05, 0) is 63.7 Å². The molecule has 128 valence electrons. The number of allylic oxidation sites excluding steroid dienone is 1. The molecule has 0 radical (unpaired) electrons. The fourth-order valence-electron chi connectivity index (χ4n) is 3.71. The highest BCUT2D eigenvalue weighted by Crippen LogP contribution is 2.25. The van der Waals surface area contributed by atoms with Crippen LogP contribution in [-0.2, 0) is 9.59 Å². The average molecular weight is 318 g/mol. The highest BCUT2D eigenvalue weighted by atomic mass is 16.2. The number of amides is 2. The summed E-state index contributed by atoms with van der Waals surface area (Å²) in [6.07, 6.45) is 13.7. The van der Waals surface area contributed by atoms with Gasteiger partial charge in [0.2, 0.25) is 11.8 Å². The first-order chi connectivity index (χ1) is 11.2. The van der Waals surface area contributed by atoms with E-state index in [0.29, 0.717) is 30.7 Å². The largest absolute Gasteiger partial charge is 0.353 e. The lowest BCUT2D eigenvalue weighted by molar-refractivity contribution is -0.132. The van der Waals surface area contributed by atoms with Crippen molar-refractivity contribution in [2.24, 2.45) is 5.92 Å². The van der Waals surface area contributed by atoms with Crippen LogP contribution in [0.2, 0.25) is 0 Å². The second-order valence-corrected chi connectivity index (χ2v) is 7.49. The molecule has 0 atom stereocenters. The van der Waals surface area contributed by atoms with Crippen LogP contribution in [0.3, 0.4) is 0 Å². The van der Waals surface area contributed by atoms with E-state index in [1.54, 1.807) is 0 Å². The third kappa shape index (κ3) is 5.36. The van der Waals surface area contributed by atoms with Gasteiger partial charge in [0.1, 0.15) is 0 Å². The molecule has 1 saturated carbocycles. The standard InChI is InChI=1S/C19H30N2O2/c22-18(20-17-7-8-17)9-6-15-10-12-21(13-11-15)19(23)14-16-4-2-1-3-5-16/h4,15,17H,1-3,5-14H2,(H,20,22). The molecule has 0 aromatic carbocycles. The van der Waals surface area contributed by atoms with Crippen LogP contribution in [0.1, 0.15) is 70.6 Å². The van der Waals surface area contributed by atoms with Crippen LogP contribution in [0.5, 0.6) is 0 Å². The SMILES string of the molecule is O=C(CCC1CCN(C(=O)CC2=CCCCC2)CC1)NC1CC1. The summed E-state index contributed by atoms with van der Waals surface area (Å²) in [4.78, 5) is 26.2. The first-order valence-corrected chi connectivity index (χ1v) is 9.46. The summed E-state index contributed by atoms with van der Waals surface area (Å²) in [6, 6.07) is 0.469.